The third-order valence-corrected chi connectivity index (χ3v) is 12.7. The Morgan fingerprint density at radius 1 is 0.347 bits per heavy atom. The number of hydrogen-bond acceptors (Lipinski definition) is 0. The summed E-state index contributed by atoms with van der Waals surface area (Å²) in [6.07, 6.45) is 0.927. The summed E-state index contributed by atoms with van der Waals surface area (Å²) in [5.41, 5.74) is 23.4. The second kappa shape index (κ2) is 9.16. The molecule has 7 aromatic carbocycles. The molecule has 7 aromatic rings. The highest BCUT2D eigenvalue weighted by Crippen LogP contribution is 2.65. The van der Waals surface area contributed by atoms with Crippen LogP contribution in [0, 0.1) is 0 Å². The summed E-state index contributed by atoms with van der Waals surface area (Å²) < 4.78 is 0. The van der Waals surface area contributed by atoms with Gasteiger partial charge in [0.05, 0.1) is 5.41 Å². The van der Waals surface area contributed by atoms with Gasteiger partial charge in [-0.3, -0.25) is 0 Å². The van der Waals surface area contributed by atoms with E-state index in [1.165, 1.54) is 94.6 Å². The highest BCUT2D eigenvalue weighted by Gasteiger charge is 2.53. The van der Waals surface area contributed by atoms with Crippen LogP contribution >= 0.6 is 0 Å². The predicted octanol–water partition coefficient (Wildman–Crippen LogP) is 11.9. The van der Waals surface area contributed by atoms with E-state index in [0.29, 0.717) is 0 Å². The first-order valence-electron chi connectivity index (χ1n) is 17.7. The van der Waals surface area contributed by atoms with Gasteiger partial charge in [-0.05, 0) is 101 Å². The van der Waals surface area contributed by atoms with E-state index in [1.54, 1.807) is 0 Å². The van der Waals surface area contributed by atoms with E-state index in [0.717, 1.165) is 6.42 Å². The van der Waals surface area contributed by atoms with Gasteiger partial charge in [-0.25, -0.2) is 0 Å². The summed E-state index contributed by atoms with van der Waals surface area (Å²) in [6, 6.07) is 57.8. The summed E-state index contributed by atoms with van der Waals surface area (Å²) in [4.78, 5) is 0. The van der Waals surface area contributed by atoms with Crippen molar-refractivity contribution < 1.29 is 0 Å². The Hall–Kier alpha value is -5.46. The minimum atomic E-state index is -0.327. The van der Waals surface area contributed by atoms with E-state index in [1.807, 2.05) is 0 Å². The van der Waals surface area contributed by atoms with E-state index < -0.39 is 0 Å². The summed E-state index contributed by atoms with van der Waals surface area (Å²) in [6.45, 7) is 7.42. The average molecular weight is 625 g/mol. The fourth-order valence-corrected chi connectivity index (χ4v) is 10.9. The van der Waals surface area contributed by atoms with Gasteiger partial charge in [0.15, 0.2) is 0 Å². The normalized spacial score (nSPS) is 18.6. The van der Waals surface area contributed by atoms with Crippen molar-refractivity contribution in [3.8, 4) is 44.5 Å². The third-order valence-electron chi connectivity index (χ3n) is 12.7. The summed E-state index contributed by atoms with van der Waals surface area (Å²) >= 11 is 0. The van der Waals surface area contributed by atoms with Crippen LogP contribution in [0.4, 0.5) is 0 Å². The first kappa shape index (κ1) is 27.5. The van der Waals surface area contributed by atoms with Gasteiger partial charge in [-0.15, -0.1) is 0 Å². The van der Waals surface area contributed by atoms with Gasteiger partial charge in [0.2, 0.25) is 0 Å². The largest absolute Gasteiger partial charge is 0.0725 e. The molecule has 0 saturated heterocycles. The predicted molar refractivity (Wildman–Crippen MR) is 202 cm³/mol. The molecule has 0 N–H and O–H groups in total. The zero-order valence-corrected chi connectivity index (χ0v) is 28.1. The molecule has 1 unspecified atom stereocenters. The Morgan fingerprint density at radius 3 is 1.39 bits per heavy atom. The standard InChI is InChI=1S/C49H36/c1-47(2)38-21-9-4-18-33(38)35-27-28-36-34-19-5-10-22-39(34)48(3,46(36)45(35)47)29-30-15-14-26-43-44(30)37-20-8-13-25-42(37)49(43)40-23-11-6-16-31(40)32-17-7-12-24-41(32)49/h4-28H,29H2,1-3H3. The zero-order chi connectivity index (χ0) is 32.7. The fourth-order valence-electron chi connectivity index (χ4n) is 10.9. The molecule has 0 nitrogen and oxygen atoms in total. The van der Waals surface area contributed by atoms with Crippen molar-refractivity contribution in [3.05, 3.63) is 202 Å². The average Bonchev–Trinajstić information content (AvgIpc) is 3.78. The molecule has 4 aliphatic rings. The molecule has 0 amide bonds. The number of hydrogen-bond donors (Lipinski definition) is 0. The van der Waals surface area contributed by atoms with Crippen LogP contribution in [0.5, 0.6) is 0 Å². The van der Waals surface area contributed by atoms with Crippen molar-refractivity contribution in [2.45, 2.75) is 43.4 Å². The molecule has 1 spiro atoms. The summed E-state index contributed by atoms with van der Waals surface area (Å²) in [5, 5.41) is 0. The van der Waals surface area contributed by atoms with Crippen LogP contribution in [-0.2, 0) is 22.7 Å². The SMILES string of the molecule is CC1(C)c2ccccc2-c2ccc3c(c21)C(C)(Cc1cccc2c1-c1ccccc1C21c2ccccc2-c2ccccc21)c1ccccc1-3. The van der Waals surface area contributed by atoms with E-state index >= 15 is 0 Å². The lowest BCUT2D eigenvalue weighted by Gasteiger charge is -2.34. The van der Waals surface area contributed by atoms with Crippen molar-refractivity contribution in [1.29, 1.82) is 0 Å². The van der Waals surface area contributed by atoms with Crippen LogP contribution in [0.3, 0.4) is 0 Å². The molecule has 0 radical (unpaired) electrons. The van der Waals surface area contributed by atoms with Crippen LogP contribution in [0.25, 0.3) is 44.5 Å². The molecule has 11 rings (SSSR count). The van der Waals surface area contributed by atoms with Crippen molar-refractivity contribution >= 4 is 0 Å². The van der Waals surface area contributed by atoms with Crippen LogP contribution in [0.15, 0.2) is 152 Å². The van der Waals surface area contributed by atoms with Crippen LogP contribution in [0.2, 0.25) is 0 Å². The Bertz CT molecular complexity index is 2530. The second-order valence-electron chi connectivity index (χ2n) is 15.4. The molecule has 0 aliphatic heterocycles. The lowest BCUT2D eigenvalue weighted by molar-refractivity contribution is 0.555. The van der Waals surface area contributed by atoms with E-state index in [4.69, 9.17) is 0 Å². The van der Waals surface area contributed by atoms with Crippen molar-refractivity contribution in [1.82, 2.24) is 0 Å². The van der Waals surface area contributed by atoms with Gasteiger partial charge in [0.25, 0.3) is 0 Å². The molecule has 0 aromatic heterocycles. The minimum absolute atomic E-state index is 0.0901. The third kappa shape index (κ3) is 3.13. The molecule has 0 saturated carbocycles. The number of benzene rings is 7. The molecule has 1 atom stereocenters. The molecule has 4 aliphatic carbocycles. The monoisotopic (exact) mass is 624 g/mol. The van der Waals surface area contributed by atoms with Crippen LogP contribution in [0.1, 0.15) is 70.8 Å². The molecule has 0 heterocycles. The molecule has 49 heavy (non-hydrogen) atoms. The van der Waals surface area contributed by atoms with Crippen molar-refractivity contribution in [3.63, 3.8) is 0 Å². The van der Waals surface area contributed by atoms with Crippen molar-refractivity contribution in [2.75, 3.05) is 0 Å². The van der Waals surface area contributed by atoms with E-state index in [9.17, 15) is 0 Å². The first-order valence-corrected chi connectivity index (χ1v) is 17.7. The molecule has 0 heteroatoms. The van der Waals surface area contributed by atoms with Gasteiger partial charge in [-0.1, -0.05) is 172 Å². The summed E-state index contributed by atoms with van der Waals surface area (Å²) in [7, 11) is 0. The molecular formula is C49H36. The minimum Gasteiger partial charge on any atom is -0.0619 e. The second-order valence-corrected chi connectivity index (χ2v) is 15.4. The van der Waals surface area contributed by atoms with E-state index in [2.05, 4.69) is 172 Å². The lowest BCUT2D eigenvalue weighted by atomic mass is 9.68. The van der Waals surface area contributed by atoms with Gasteiger partial charge in [-0.2, -0.15) is 0 Å². The van der Waals surface area contributed by atoms with Gasteiger partial charge >= 0.3 is 0 Å². The number of rotatable bonds is 2. The maximum absolute atomic E-state index is 2.53. The smallest absolute Gasteiger partial charge is 0.0619 e. The number of fused-ring (bicyclic) bond motifs is 17. The van der Waals surface area contributed by atoms with E-state index in [-0.39, 0.29) is 16.2 Å². The van der Waals surface area contributed by atoms with Gasteiger partial charge in [0.1, 0.15) is 0 Å². The molecule has 0 fully saturated rings. The zero-order valence-electron chi connectivity index (χ0n) is 28.1. The highest BCUT2D eigenvalue weighted by molar-refractivity contribution is 5.96. The van der Waals surface area contributed by atoms with Crippen LogP contribution < -0.4 is 0 Å². The molecule has 0 bridgehead atoms. The Labute approximate surface area is 288 Å². The topological polar surface area (TPSA) is 0 Å². The van der Waals surface area contributed by atoms with Gasteiger partial charge < -0.3 is 0 Å². The lowest BCUT2D eigenvalue weighted by Crippen LogP contribution is -2.29. The molecular weight excluding hydrogens is 589 g/mol. The Kier molecular flexibility index (Phi) is 5.14. The van der Waals surface area contributed by atoms with Crippen molar-refractivity contribution in [2.24, 2.45) is 0 Å². The molecule has 232 valence electrons. The summed E-state index contributed by atoms with van der Waals surface area (Å²) in [5.74, 6) is 0. The van der Waals surface area contributed by atoms with Crippen LogP contribution in [-0.4, -0.2) is 0 Å². The maximum Gasteiger partial charge on any atom is 0.0725 e. The fraction of sp³-hybridized carbons (Fsp3) is 0.143. The highest BCUT2D eigenvalue weighted by atomic mass is 14.5. The first-order chi connectivity index (χ1) is 24.0. The Morgan fingerprint density at radius 2 is 0.776 bits per heavy atom. The maximum atomic E-state index is 2.53. The quantitative estimate of drug-likeness (QED) is 0.179. The van der Waals surface area contributed by atoms with Gasteiger partial charge in [0, 0.05) is 10.8 Å². The Balaban J connectivity index is 1.19.